The van der Waals surface area contributed by atoms with Gasteiger partial charge in [-0.1, -0.05) is 78.1 Å². The van der Waals surface area contributed by atoms with Gasteiger partial charge in [-0.25, -0.2) is 0 Å². The SMILES string of the molecule is CC[Si](CC)(OC)C1CCCCC1.CO[Si](C)(C)C1CCCCC1. The first kappa shape index (κ1) is 22.4. The van der Waals surface area contributed by atoms with Crippen molar-refractivity contribution in [2.45, 2.75) is 114 Å². The van der Waals surface area contributed by atoms with Gasteiger partial charge >= 0.3 is 0 Å². The summed E-state index contributed by atoms with van der Waals surface area (Å²) in [5.74, 6) is 0. The van der Waals surface area contributed by atoms with Gasteiger partial charge in [-0.3, -0.25) is 0 Å². The predicted octanol–water partition coefficient (Wildman–Crippen LogP) is 7.12. The van der Waals surface area contributed by atoms with Crippen molar-refractivity contribution in [3.05, 3.63) is 0 Å². The molecule has 0 heterocycles. The van der Waals surface area contributed by atoms with Crippen molar-refractivity contribution in [3.63, 3.8) is 0 Å². The number of rotatable bonds is 6. The quantitative estimate of drug-likeness (QED) is 0.462. The fourth-order valence-electron chi connectivity index (χ4n) is 4.88. The van der Waals surface area contributed by atoms with Gasteiger partial charge < -0.3 is 8.85 Å². The normalized spacial score (nSPS) is 21.2. The van der Waals surface area contributed by atoms with Crippen molar-refractivity contribution < 1.29 is 8.85 Å². The first-order chi connectivity index (χ1) is 11.5. The van der Waals surface area contributed by atoms with Gasteiger partial charge in [0.25, 0.3) is 0 Å². The highest BCUT2D eigenvalue weighted by Crippen LogP contribution is 2.41. The molecule has 2 fully saturated rings. The first-order valence-corrected chi connectivity index (χ1v) is 15.9. The highest BCUT2D eigenvalue weighted by Gasteiger charge is 2.39. The molecule has 0 unspecified atom stereocenters. The fourth-order valence-corrected chi connectivity index (χ4v) is 11.0. The van der Waals surface area contributed by atoms with E-state index in [1.54, 1.807) is 0 Å². The summed E-state index contributed by atoms with van der Waals surface area (Å²) in [7, 11) is 1.25. The Labute approximate surface area is 154 Å². The Morgan fingerprint density at radius 2 is 1.08 bits per heavy atom. The van der Waals surface area contributed by atoms with Crippen molar-refractivity contribution in [3.8, 4) is 0 Å². The highest BCUT2D eigenvalue weighted by molar-refractivity contribution is 6.75. The predicted molar refractivity (Wildman–Crippen MR) is 112 cm³/mol. The van der Waals surface area contributed by atoms with Gasteiger partial charge in [0.05, 0.1) is 0 Å². The molecule has 0 spiro atoms. The lowest BCUT2D eigenvalue weighted by atomic mass is 10.0. The van der Waals surface area contributed by atoms with Gasteiger partial charge in [-0.2, -0.15) is 0 Å². The molecule has 2 rings (SSSR count). The van der Waals surface area contributed by atoms with E-state index in [2.05, 4.69) is 26.9 Å². The van der Waals surface area contributed by atoms with Crippen LogP contribution in [0.3, 0.4) is 0 Å². The van der Waals surface area contributed by atoms with Crippen LogP contribution in [0, 0.1) is 0 Å². The van der Waals surface area contributed by atoms with E-state index >= 15 is 0 Å². The molecule has 0 amide bonds. The molecule has 0 aromatic heterocycles. The topological polar surface area (TPSA) is 18.5 Å². The number of hydrogen-bond acceptors (Lipinski definition) is 2. The van der Waals surface area contributed by atoms with Crippen LogP contribution >= 0.6 is 0 Å². The Morgan fingerprint density at radius 3 is 1.42 bits per heavy atom. The summed E-state index contributed by atoms with van der Waals surface area (Å²) in [4.78, 5) is 0. The summed E-state index contributed by atoms with van der Waals surface area (Å²) in [6.07, 6.45) is 14.4. The van der Waals surface area contributed by atoms with Crippen LogP contribution in [-0.4, -0.2) is 30.9 Å². The lowest BCUT2D eigenvalue weighted by Crippen LogP contribution is -2.41. The average Bonchev–Trinajstić information content (AvgIpc) is 2.66. The Kier molecular flexibility index (Phi) is 10.4. The minimum atomic E-state index is -1.32. The second-order valence-corrected chi connectivity index (χ2v) is 17.7. The monoisotopic (exact) mass is 372 g/mol. The minimum absolute atomic E-state index is 0.932. The van der Waals surface area contributed by atoms with Crippen LogP contribution in [-0.2, 0) is 8.85 Å². The van der Waals surface area contributed by atoms with E-state index in [4.69, 9.17) is 8.85 Å². The van der Waals surface area contributed by atoms with Gasteiger partial charge in [0.2, 0.25) is 0 Å². The molecular weight excluding hydrogens is 328 g/mol. The minimum Gasteiger partial charge on any atom is -0.420 e. The second-order valence-electron chi connectivity index (χ2n) is 8.45. The van der Waals surface area contributed by atoms with E-state index in [0.717, 1.165) is 11.1 Å². The summed E-state index contributed by atoms with van der Waals surface area (Å²) in [5.41, 5.74) is 1.89. The highest BCUT2D eigenvalue weighted by atomic mass is 28.4. The molecule has 0 aliphatic heterocycles. The average molecular weight is 373 g/mol. The third-order valence-electron chi connectivity index (χ3n) is 7.07. The zero-order valence-corrected chi connectivity index (χ0v) is 19.5. The van der Waals surface area contributed by atoms with Crippen LogP contribution in [0.2, 0.25) is 36.3 Å². The van der Waals surface area contributed by atoms with Gasteiger partial charge in [0.15, 0.2) is 16.6 Å². The van der Waals surface area contributed by atoms with Crippen LogP contribution < -0.4 is 0 Å². The van der Waals surface area contributed by atoms with E-state index in [9.17, 15) is 0 Å². The molecule has 4 heteroatoms. The maximum Gasteiger partial charge on any atom is 0.194 e. The lowest BCUT2D eigenvalue weighted by Gasteiger charge is -2.38. The summed E-state index contributed by atoms with van der Waals surface area (Å²) >= 11 is 0. The number of hydrogen-bond donors (Lipinski definition) is 0. The van der Waals surface area contributed by atoms with Gasteiger partial charge in [0.1, 0.15) is 0 Å². The molecule has 2 aliphatic rings. The van der Waals surface area contributed by atoms with E-state index < -0.39 is 16.6 Å². The van der Waals surface area contributed by atoms with Crippen LogP contribution in [0.15, 0.2) is 0 Å². The molecule has 0 bridgehead atoms. The Bertz CT molecular complexity index is 309. The maximum atomic E-state index is 5.91. The molecule has 0 radical (unpaired) electrons. The first-order valence-electron chi connectivity index (χ1n) is 10.6. The van der Waals surface area contributed by atoms with E-state index in [1.165, 1.54) is 76.3 Å². The van der Waals surface area contributed by atoms with E-state index in [-0.39, 0.29) is 0 Å². The molecule has 0 N–H and O–H groups in total. The molecule has 0 aromatic carbocycles. The van der Waals surface area contributed by atoms with Gasteiger partial charge in [-0.15, -0.1) is 0 Å². The molecule has 2 nitrogen and oxygen atoms in total. The summed E-state index contributed by atoms with van der Waals surface area (Å²) in [5, 5.41) is 0. The molecule has 0 aromatic rings. The van der Waals surface area contributed by atoms with Crippen LogP contribution in [0.1, 0.15) is 78.1 Å². The standard InChI is InChI=1S/C11H24OSi.C9H20OSi/c1-4-13(5-2,12-3)11-9-7-6-8-10-11;1-10-11(2,3)9-7-5-4-6-8-9/h11H,4-10H2,1-3H3;9H,4-8H2,1-3H3. The molecule has 144 valence electrons. The molecule has 2 saturated carbocycles. The summed E-state index contributed by atoms with van der Waals surface area (Å²) in [6, 6.07) is 2.62. The van der Waals surface area contributed by atoms with Crippen molar-refractivity contribution in [2.24, 2.45) is 0 Å². The second kappa shape index (κ2) is 11.1. The van der Waals surface area contributed by atoms with Crippen molar-refractivity contribution in [2.75, 3.05) is 14.2 Å². The van der Waals surface area contributed by atoms with Crippen molar-refractivity contribution in [1.29, 1.82) is 0 Å². The maximum absolute atomic E-state index is 5.91. The third kappa shape index (κ3) is 6.26. The third-order valence-corrected chi connectivity index (χ3v) is 15.9. The zero-order valence-electron chi connectivity index (χ0n) is 17.5. The van der Waals surface area contributed by atoms with E-state index in [0.29, 0.717) is 0 Å². The van der Waals surface area contributed by atoms with Crippen molar-refractivity contribution in [1.82, 2.24) is 0 Å². The van der Waals surface area contributed by atoms with Gasteiger partial charge in [-0.05, 0) is 36.3 Å². The summed E-state index contributed by atoms with van der Waals surface area (Å²) < 4.78 is 11.5. The Hall–Kier alpha value is 0.354. The lowest BCUT2D eigenvalue weighted by molar-refractivity contribution is 0.352. The zero-order chi connectivity index (χ0) is 18.1. The van der Waals surface area contributed by atoms with Crippen LogP contribution in [0.5, 0.6) is 0 Å². The molecule has 0 saturated heterocycles. The van der Waals surface area contributed by atoms with E-state index in [1.807, 2.05) is 14.2 Å². The summed E-state index contributed by atoms with van der Waals surface area (Å²) in [6.45, 7) is 9.35. The molecule has 24 heavy (non-hydrogen) atoms. The molecule has 0 atom stereocenters. The van der Waals surface area contributed by atoms with Crippen LogP contribution in [0.25, 0.3) is 0 Å². The van der Waals surface area contributed by atoms with Gasteiger partial charge in [0, 0.05) is 14.2 Å². The molecular formula is C20H44O2Si2. The van der Waals surface area contributed by atoms with Crippen LogP contribution in [0.4, 0.5) is 0 Å². The van der Waals surface area contributed by atoms with Crippen molar-refractivity contribution >= 4 is 16.6 Å². The largest absolute Gasteiger partial charge is 0.420 e. The Balaban J connectivity index is 0.000000243. The molecule has 2 aliphatic carbocycles. The fraction of sp³-hybridized carbons (Fsp3) is 1.00. The Morgan fingerprint density at radius 1 is 0.667 bits per heavy atom. The smallest absolute Gasteiger partial charge is 0.194 e.